The van der Waals surface area contributed by atoms with Gasteiger partial charge in [-0.3, -0.25) is 4.79 Å². The van der Waals surface area contributed by atoms with Gasteiger partial charge >= 0.3 is 5.97 Å². The van der Waals surface area contributed by atoms with E-state index < -0.39 is 16.2 Å². The molecule has 7 heteroatoms. The van der Waals surface area contributed by atoms with Gasteiger partial charge in [-0.05, 0) is 19.3 Å². The molecule has 0 fully saturated rings. The Hall–Kier alpha value is -0.660. The molecule has 0 aliphatic rings. The molecule has 0 unspecified atom stereocenters. The van der Waals surface area contributed by atoms with Crippen LogP contribution in [0.4, 0.5) is 0 Å². The number of nitrogens with zero attached hydrogens (tertiary/aromatic N) is 1. The number of aliphatic carboxylic acids is 1. The van der Waals surface area contributed by atoms with Crippen LogP contribution in [0.5, 0.6) is 0 Å². The number of hydrogen-bond donors (Lipinski definition) is 2. The molecule has 0 atom stereocenters. The second kappa shape index (κ2) is 10.2. The summed E-state index contributed by atoms with van der Waals surface area (Å²) in [5, 5.41) is 8.46. The Morgan fingerprint density at radius 1 is 1.16 bits per heavy atom. The molecule has 0 amide bonds. The van der Waals surface area contributed by atoms with Crippen molar-refractivity contribution in [2.24, 2.45) is 0 Å². The summed E-state index contributed by atoms with van der Waals surface area (Å²) in [6, 6.07) is 0. The van der Waals surface area contributed by atoms with Crippen molar-refractivity contribution in [3.8, 4) is 0 Å². The highest BCUT2D eigenvalue weighted by Gasteiger charge is 2.15. The van der Waals surface area contributed by atoms with E-state index >= 15 is 0 Å². The molecule has 0 aromatic heterocycles. The zero-order chi connectivity index (χ0) is 14.7. The van der Waals surface area contributed by atoms with Crippen molar-refractivity contribution in [1.29, 1.82) is 0 Å². The quantitative estimate of drug-likeness (QED) is 0.535. The van der Waals surface area contributed by atoms with Gasteiger partial charge in [-0.25, -0.2) is 4.72 Å². The average Bonchev–Trinajstić information content (AvgIpc) is 2.34. The van der Waals surface area contributed by atoms with Crippen LogP contribution < -0.4 is 4.72 Å². The van der Waals surface area contributed by atoms with E-state index in [1.165, 1.54) is 4.31 Å². The highest BCUT2D eigenvalue weighted by molar-refractivity contribution is 7.87. The summed E-state index contributed by atoms with van der Waals surface area (Å²) in [6.07, 6.45) is 5.05. The van der Waals surface area contributed by atoms with Gasteiger partial charge in [0.1, 0.15) is 0 Å². The summed E-state index contributed by atoms with van der Waals surface area (Å²) in [4.78, 5) is 10.3. The van der Waals surface area contributed by atoms with Crippen LogP contribution in [0.15, 0.2) is 0 Å². The first kappa shape index (κ1) is 18.3. The third-order valence-electron chi connectivity index (χ3n) is 2.84. The number of rotatable bonds is 12. The fraction of sp³-hybridized carbons (Fsp3) is 0.917. The molecule has 0 rings (SSSR count). The lowest BCUT2D eigenvalue weighted by Crippen LogP contribution is -2.39. The maximum absolute atomic E-state index is 11.8. The highest BCUT2D eigenvalue weighted by Crippen LogP contribution is 2.03. The van der Waals surface area contributed by atoms with Crippen LogP contribution in [0.2, 0.25) is 0 Å². The van der Waals surface area contributed by atoms with E-state index in [9.17, 15) is 13.2 Å². The van der Waals surface area contributed by atoms with Crippen molar-refractivity contribution < 1.29 is 18.3 Å². The first-order valence-corrected chi connectivity index (χ1v) is 8.27. The van der Waals surface area contributed by atoms with Crippen molar-refractivity contribution in [3.63, 3.8) is 0 Å². The number of carboxylic acid groups (broad SMARTS) is 1. The number of unbranched alkanes of at least 4 members (excludes halogenated alkanes) is 4. The number of carboxylic acids is 1. The third kappa shape index (κ3) is 9.86. The number of hydrogen-bond acceptors (Lipinski definition) is 3. The molecule has 0 heterocycles. The summed E-state index contributed by atoms with van der Waals surface area (Å²) in [5.74, 6) is -0.779. The Morgan fingerprint density at radius 3 is 2.37 bits per heavy atom. The predicted octanol–water partition coefficient (Wildman–Crippen LogP) is 1.59. The minimum absolute atomic E-state index is 0.186. The van der Waals surface area contributed by atoms with Crippen LogP contribution in [0.25, 0.3) is 0 Å². The van der Waals surface area contributed by atoms with E-state index in [0.717, 1.165) is 32.1 Å². The van der Waals surface area contributed by atoms with Crippen LogP contribution in [0, 0.1) is 0 Å². The van der Waals surface area contributed by atoms with Crippen LogP contribution >= 0.6 is 0 Å². The molecule has 0 aliphatic carbocycles. The summed E-state index contributed by atoms with van der Waals surface area (Å²) in [5.41, 5.74) is 0. The Morgan fingerprint density at radius 2 is 1.79 bits per heavy atom. The van der Waals surface area contributed by atoms with E-state index in [1.54, 1.807) is 7.05 Å². The minimum atomic E-state index is -3.35. The molecule has 0 saturated heterocycles. The maximum Gasteiger partial charge on any atom is 0.303 e. The molecule has 6 nitrogen and oxygen atoms in total. The van der Waals surface area contributed by atoms with Gasteiger partial charge in [0.25, 0.3) is 10.2 Å². The SMILES string of the molecule is CCCCN(C)S(=O)(=O)NCCCCCCC(=O)O. The molecule has 0 bridgehead atoms. The highest BCUT2D eigenvalue weighted by atomic mass is 32.2. The van der Waals surface area contributed by atoms with Crippen molar-refractivity contribution in [3.05, 3.63) is 0 Å². The summed E-state index contributed by atoms with van der Waals surface area (Å²) in [6.45, 7) is 2.96. The molecule has 0 radical (unpaired) electrons. The van der Waals surface area contributed by atoms with Gasteiger partial charge in [0.2, 0.25) is 0 Å². The standard InChI is InChI=1S/C12H26N2O4S/c1-3-4-11-14(2)19(17,18)13-10-8-6-5-7-9-12(15)16/h13H,3-11H2,1-2H3,(H,15,16). The molecule has 0 aliphatic heterocycles. The van der Waals surface area contributed by atoms with Gasteiger partial charge in [-0.2, -0.15) is 12.7 Å². The van der Waals surface area contributed by atoms with Crippen molar-refractivity contribution >= 4 is 16.2 Å². The fourth-order valence-electron chi connectivity index (χ4n) is 1.57. The lowest BCUT2D eigenvalue weighted by atomic mass is 10.1. The van der Waals surface area contributed by atoms with Crippen molar-refractivity contribution in [2.45, 2.75) is 51.9 Å². The molecule has 0 saturated carbocycles. The Balaban J connectivity index is 3.66. The average molecular weight is 294 g/mol. The third-order valence-corrected chi connectivity index (χ3v) is 4.41. The summed E-state index contributed by atoms with van der Waals surface area (Å²) in [7, 11) is -1.78. The molecule has 0 aromatic rings. The Labute approximate surface area is 116 Å². The van der Waals surface area contributed by atoms with Gasteiger partial charge in [-0.15, -0.1) is 0 Å². The lowest BCUT2D eigenvalue weighted by molar-refractivity contribution is -0.137. The zero-order valence-electron chi connectivity index (χ0n) is 11.9. The van der Waals surface area contributed by atoms with E-state index in [-0.39, 0.29) is 6.42 Å². The lowest BCUT2D eigenvalue weighted by Gasteiger charge is -2.17. The van der Waals surface area contributed by atoms with E-state index in [1.807, 2.05) is 6.92 Å². The Kier molecular flexibility index (Phi) is 9.81. The molecule has 2 N–H and O–H groups in total. The smallest absolute Gasteiger partial charge is 0.303 e. The normalized spacial score (nSPS) is 11.9. The molecule has 114 valence electrons. The summed E-state index contributed by atoms with van der Waals surface area (Å²) < 4.78 is 27.4. The van der Waals surface area contributed by atoms with E-state index in [0.29, 0.717) is 19.5 Å². The predicted molar refractivity (Wildman–Crippen MR) is 75.2 cm³/mol. The van der Waals surface area contributed by atoms with Crippen LogP contribution in [-0.4, -0.2) is 43.9 Å². The topological polar surface area (TPSA) is 86.7 Å². The second-order valence-corrected chi connectivity index (χ2v) is 6.49. The number of carbonyl (C=O) groups is 1. The largest absolute Gasteiger partial charge is 0.481 e. The molecule has 19 heavy (non-hydrogen) atoms. The fourth-order valence-corrected chi connectivity index (χ4v) is 2.56. The molecule has 0 spiro atoms. The molecular formula is C12H26N2O4S. The maximum atomic E-state index is 11.8. The van der Waals surface area contributed by atoms with Gasteiger partial charge in [0.15, 0.2) is 0 Å². The van der Waals surface area contributed by atoms with Gasteiger partial charge in [0, 0.05) is 26.6 Å². The summed E-state index contributed by atoms with van der Waals surface area (Å²) >= 11 is 0. The molecular weight excluding hydrogens is 268 g/mol. The zero-order valence-corrected chi connectivity index (χ0v) is 12.7. The van der Waals surface area contributed by atoms with Crippen LogP contribution in [0.1, 0.15) is 51.9 Å². The Bertz CT molecular complexity index is 344. The van der Waals surface area contributed by atoms with Crippen molar-refractivity contribution in [1.82, 2.24) is 9.03 Å². The van der Waals surface area contributed by atoms with Gasteiger partial charge < -0.3 is 5.11 Å². The number of nitrogens with one attached hydrogen (secondary N) is 1. The second-order valence-electron chi connectivity index (χ2n) is 4.63. The van der Waals surface area contributed by atoms with Gasteiger partial charge in [-0.1, -0.05) is 26.2 Å². The van der Waals surface area contributed by atoms with Crippen LogP contribution in [0.3, 0.4) is 0 Å². The first-order valence-electron chi connectivity index (χ1n) is 6.83. The minimum Gasteiger partial charge on any atom is -0.481 e. The van der Waals surface area contributed by atoms with Crippen molar-refractivity contribution in [2.75, 3.05) is 20.1 Å². The van der Waals surface area contributed by atoms with Crippen LogP contribution in [-0.2, 0) is 15.0 Å². The van der Waals surface area contributed by atoms with Gasteiger partial charge in [0.05, 0.1) is 0 Å². The first-order chi connectivity index (χ1) is 8.90. The van der Waals surface area contributed by atoms with E-state index in [2.05, 4.69) is 4.72 Å². The molecule has 0 aromatic carbocycles. The van der Waals surface area contributed by atoms with E-state index in [4.69, 9.17) is 5.11 Å². The monoisotopic (exact) mass is 294 g/mol.